The molecular weight excluding hydrogens is 378 g/mol. The fourth-order valence-electron chi connectivity index (χ4n) is 3.22. The Morgan fingerprint density at radius 3 is 0.533 bits per heavy atom. The standard InChI is InChI=1S/C21H51N9/c1-2-4-22-6-8-24-10-12-26-14-16-28-18-20-30-21-19-29-17-15-27-13-11-25-9-7-23-5-3-1/h22-30H,1-21H2. The second-order valence-electron chi connectivity index (χ2n) is 7.81. The molecular formula is C21H51N9. The van der Waals surface area contributed by atoms with Gasteiger partial charge in [0, 0.05) is 105 Å². The van der Waals surface area contributed by atoms with Crippen LogP contribution in [0.25, 0.3) is 0 Å². The SMILES string of the molecule is C1CCNCCNCCNCCNCCNCCNCCNCCNCCNCC1. The van der Waals surface area contributed by atoms with E-state index >= 15 is 0 Å². The summed E-state index contributed by atoms with van der Waals surface area (Å²) < 4.78 is 0. The van der Waals surface area contributed by atoms with Crippen LogP contribution in [-0.4, -0.2) is 118 Å². The van der Waals surface area contributed by atoms with Crippen molar-refractivity contribution in [2.24, 2.45) is 0 Å². The molecule has 0 saturated carbocycles. The first-order valence-electron chi connectivity index (χ1n) is 12.4. The minimum atomic E-state index is 1.02. The van der Waals surface area contributed by atoms with Crippen molar-refractivity contribution in [1.29, 1.82) is 0 Å². The van der Waals surface area contributed by atoms with Crippen molar-refractivity contribution in [2.75, 3.05) is 118 Å². The molecule has 0 bridgehead atoms. The maximum Gasteiger partial charge on any atom is 0.00772 e. The highest BCUT2D eigenvalue weighted by Gasteiger charge is 1.94. The van der Waals surface area contributed by atoms with Crippen LogP contribution in [-0.2, 0) is 0 Å². The summed E-state index contributed by atoms with van der Waals surface area (Å²) in [4.78, 5) is 0. The van der Waals surface area contributed by atoms with E-state index < -0.39 is 0 Å². The van der Waals surface area contributed by atoms with Gasteiger partial charge in [-0.1, -0.05) is 6.42 Å². The Balaban J connectivity index is 2.00. The van der Waals surface area contributed by atoms with E-state index in [9.17, 15) is 0 Å². The van der Waals surface area contributed by atoms with Crippen LogP contribution in [0.3, 0.4) is 0 Å². The van der Waals surface area contributed by atoms with E-state index in [0.717, 1.165) is 118 Å². The normalized spacial score (nSPS) is 24.0. The summed E-state index contributed by atoms with van der Waals surface area (Å²) in [5.74, 6) is 0. The van der Waals surface area contributed by atoms with Gasteiger partial charge in [0.2, 0.25) is 0 Å². The first-order valence-corrected chi connectivity index (χ1v) is 12.4. The average molecular weight is 430 g/mol. The zero-order valence-electron chi connectivity index (χ0n) is 19.3. The Kier molecular flexibility index (Phi) is 23.0. The van der Waals surface area contributed by atoms with E-state index in [-0.39, 0.29) is 0 Å². The van der Waals surface area contributed by atoms with E-state index in [4.69, 9.17) is 0 Å². The highest BCUT2D eigenvalue weighted by atomic mass is 15.0. The molecule has 0 amide bonds. The largest absolute Gasteiger partial charge is 0.315 e. The van der Waals surface area contributed by atoms with Crippen LogP contribution in [0.1, 0.15) is 19.3 Å². The lowest BCUT2D eigenvalue weighted by molar-refractivity contribution is 0.531. The van der Waals surface area contributed by atoms with Crippen LogP contribution in [0.5, 0.6) is 0 Å². The predicted octanol–water partition coefficient (Wildman–Crippen LogP) is -2.52. The molecule has 30 heavy (non-hydrogen) atoms. The third-order valence-corrected chi connectivity index (χ3v) is 5.04. The quantitative estimate of drug-likeness (QED) is 0.206. The molecule has 1 fully saturated rings. The average Bonchev–Trinajstić information content (AvgIpc) is 2.76. The Labute approximate surface area is 185 Å². The Hall–Kier alpha value is -0.360. The Morgan fingerprint density at radius 1 is 0.167 bits per heavy atom. The molecule has 1 aliphatic heterocycles. The molecule has 9 nitrogen and oxygen atoms in total. The maximum atomic E-state index is 3.53. The number of hydrogen-bond acceptors (Lipinski definition) is 9. The molecule has 1 heterocycles. The summed E-state index contributed by atoms with van der Waals surface area (Å²) in [6.45, 7) is 18.8. The minimum Gasteiger partial charge on any atom is -0.315 e. The van der Waals surface area contributed by atoms with Gasteiger partial charge < -0.3 is 47.9 Å². The fraction of sp³-hybridized carbons (Fsp3) is 1.00. The molecule has 0 unspecified atom stereocenters. The van der Waals surface area contributed by atoms with E-state index in [1.165, 1.54) is 19.3 Å². The van der Waals surface area contributed by atoms with Crippen molar-refractivity contribution in [3.63, 3.8) is 0 Å². The second kappa shape index (κ2) is 24.9. The summed E-state index contributed by atoms with van der Waals surface area (Å²) in [5.41, 5.74) is 0. The molecule has 0 aromatic carbocycles. The molecule has 9 N–H and O–H groups in total. The fourth-order valence-corrected chi connectivity index (χ4v) is 3.22. The van der Waals surface area contributed by atoms with Crippen LogP contribution < -0.4 is 47.9 Å². The lowest BCUT2D eigenvalue weighted by atomic mass is 10.2. The number of hydrogen-bond donors (Lipinski definition) is 9. The minimum absolute atomic E-state index is 1.02. The third-order valence-electron chi connectivity index (χ3n) is 5.04. The van der Waals surface area contributed by atoms with Gasteiger partial charge in [0.15, 0.2) is 0 Å². The second-order valence-corrected chi connectivity index (χ2v) is 7.81. The first kappa shape index (κ1) is 27.7. The summed E-state index contributed by atoms with van der Waals surface area (Å²) >= 11 is 0. The third kappa shape index (κ3) is 22.3. The molecule has 0 aliphatic carbocycles. The zero-order chi connectivity index (χ0) is 21.2. The maximum absolute atomic E-state index is 3.53. The molecule has 0 spiro atoms. The topological polar surface area (TPSA) is 108 Å². The van der Waals surface area contributed by atoms with Gasteiger partial charge in [-0.05, 0) is 25.9 Å². The van der Waals surface area contributed by atoms with Gasteiger partial charge in [-0.3, -0.25) is 0 Å². The molecule has 9 heteroatoms. The highest BCUT2D eigenvalue weighted by Crippen LogP contribution is 1.91. The first-order chi connectivity index (χ1) is 15.0. The summed E-state index contributed by atoms with van der Waals surface area (Å²) in [6.07, 6.45) is 3.84. The summed E-state index contributed by atoms with van der Waals surface area (Å²) in [7, 11) is 0. The molecule has 0 radical (unpaired) electrons. The van der Waals surface area contributed by atoms with Gasteiger partial charge in [-0.25, -0.2) is 0 Å². The van der Waals surface area contributed by atoms with Gasteiger partial charge in [0.1, 0.15) is 0 Å². The molecule has 1 saturated heterocycles. The lowest BCUT2D eigenvalue weighted by Crippen LogP contribution is -2.38. The molecule has 1 rings (SSSR count). The van der Waals surface area contributed by atoms with Crippen LogP contribution in [0.2, 0.25) is 0 Å². The highest BCUT2D eigenvalue weighted by molar-refractivity contribution is 4.60. The van der Waals surface area contributed by atoms with Crippen LogP contribution in [0, 0.1) is 0 Å². The van der Waals surface area contributed by atoms with Crippen molar-refractivity contribution in [3.8, 4) is 0 Å². The van der Waals surface area contributed by atoms with Gasteiger partial charge in [0.05, 0.1) is 0 Å². The smallest absolute Gasteiger partial charge is 0.00772 e. The van der Waals surface area contributed by atoms with Gasteiger partial charge in [-0.15, -0.1) is 0 Å². The van der Waals surface area contributed by atoms with Gasteiger partial charge >= 0.3 is 0 Å². The molecule has 180 valence electrons. The molecule has 0 aromatic heterocycles. The lowest BCUT2D eigenvalue weighted by Gasteiger charge is -2.10. The van der Waals surface area contributed by atoms with Crippen molar-refractivity contribution in [2.45, 2.75) is 19.3 Å². The predicted molar refractivity (Wildman–Crippen MR) is 130 cm³/mol. The monoisotopic (exact) mass is 429 g/mol. The van der Waals surface area contributed by atoms with Crippen molar-refractivity contribution < 1.29 is 0 Å². The summed E-state index contributed by atoms with van der Waals surface area (Å²) in [6, 6.07) is 0. The number of nitrogens with one attached hydrogen (secondary N) is 9. The van der Waals surface area contributed by atoms with E-state index in [1.54, 1.807) is 0 Å². The van der Waals surface area contributed by atoms with Crippen molar-refractivity contribution in [1.82, 2.24) is 47.9 Å². The van der Waals surface area contributed by atoms with E-state index in [0.29, 0.717) is 0 Å². The molecule has 0 atom stereocenters. The van der Waals surface area contributed by atoms with Crippen LogP contribution in [0.4, 0.5) is 0 Å². The van der Waals surface area contributed by atoms with Crippen LogP contribution >= 0.6 is 0 Å². The van der Waals surface area contributed by atoms with Gasteiger partial charge in [0.25, 0.3) is 0 Å². The van der Waals surface area contributed by atoms with E-state index in [2.05, 4.69) is 47.9 Å². The summed E-state index contributed by atoms with van der Waals surface area (Å²) in [5, 5.41) is 31.4. The van der Waals surface area contributed by atoms with Crippen LogP contribution in [0.15, 0.2) is 0 Å². The van der Waals surface area contributed by atoms with Crippen molar-refractivity contribution in [3.05, 3.63) is 0 Å². The molecule has 1 aliphatic rings. The van der Waals surface area contributed by atoms with E-state index in [1.807, 2.05) is 0 Å². The number of rotatable bonds is 0. The molecule has 0 aromatic rings. The Morgan fingerprint density at radius 2 is 0.333 bits per heavy atom. The van der Waals surface area contributed by atoms with Gasteiger partial charge in [-0.2, -0.15) is 0 Å². The zero-order valence-corrected chi connectivity index (χ0v) is 19.3. The van der Waals surface area contributed by atoms with Crippen molar-refractivity contribution >= 4 is 0 Å². The Bertz CT molecular complexity index is 174.